The van der Waals surface area contributed by atoms with Crippen LogP contribution in [0.2, 0.25) is 0 Å². The third-order valence-corrected chi connectivity index (χ3v) is 4.27. The molecule has 1 atom stereocenters. The Morgan fingerprint density at radius 3 is 2.92 bits per heavy atom. The molecule has 1 aromatic carbocycles. The lowest BCUT2D eigenvalue weighted by molar-refractivity contribution is -0.138. The third-order valence-electron chi connectivity index (χ3n) is 3.56. The first kappa shape index (κ1) is 16.7. The number of carbonyl (C=O) groups is 1. The van der Waals surface area contributed by atoms with Crippen LogP contribution >= 0.6 is 28.1 Å². The van der Waals surface area contributed by atoms with Crippen LogP contribution in [0.15, 0.2) is 57.3 Å². The Balaban J connectivity index is 2.16. The van der Waals surface area contributed by atoms with Crippen LogP contribution in [-0.4, -0.2) is 17.7 Å². The van der Waals surface area contributed by atoms with E-state index in [4.69, 9.17) is 21.4 Å². The largest absolute Gasteiger partial charge is 0.472 e. The number of hydrogen-bond acceptors (Lipinski definition) is 4. The lowest BCUT2D eigenvalue weighted by Crippen LogP contribution is -2.45. The lowest BCUT2D eigenvalue weighted by atomic mass is 9.93. The van der Waals surface area contributed by atoms with Gasteiger partial charge in [0.25, 0.3) is 0 Å². The Kier molecular flexibility index (Phi) is 5.01. The van der Waals surface area contributed by atoms with Crippen molar-refractivity contribution >= 4 is 44.9 Å². The number of benzene rings is 1. The van der Waals surface area contributed by atoms with Gasteiger partial charge in [-0.05, 0) is 42.9 Å². The number of furan rings is 1. The van der Waals surface area contributed by atoms with E-state index in [1.54, 1.807) is 25.5 Å². The van der Waals surface area contributed by atoms with Gasteiger partial charge in [0, 0.05) is 10.0 Å². The Morgan fingerprint density at radius 1 is 1.42 bits per heavy atom. The zero-order valence-electron chi connectivity index (χ0n) is 12.8. The number of carbonyl (C=O) groups excluding carboxylic acids is 1. The Labute approximate surface area is 153 Å². The van der Waals surface area contributed by atoms with Crippen molar-refractivity contribution in [2.24, 2.45) is 0 Å². The Hall–Kier alpha value is -2.12. The van der Waals surface area contributed by atoms with Crippen molar-refractivity contribution in [2.75, 3.05) is 6.61 Å². The van der Waals surface area contributed by atoms with Crippen molar-refractivity contribution in [2.45, 2.75) is 13.0 Å². The van der Waals surface area contributed by atoms with Gasteiger partial charge in [-0.1, -0.05) is 28.1 Å². The van der Waals surface area contributed by atoms with Crippen molar-refractivity contribution in [1.82, 2.24) is 10.6 Å². The van der Waals surface area contributed by atoms with Crippen LogP contribution < -0.4 is 10.6 Å². The van der Waals surface area contributed by atoms with Crippen molar-refractivity contribution in [3.63, 3.8) is 0 Å². The molecule has 0 amide bonds. The molecule has 124 valence electrons. The fourth-order valence-corrected chi connectivity index (χ4v) is 3.20. The Bertz CT molecular complexity index is 802. The molecule has 1 aliphatic rings. The van der Waals surface area contributed by atoms with E-state index in [2.05, 4.69) is 26.6 Å². The minimum absolute atomic E-state index is 0.288. The van der Waals surface area contributed by atoms with Crippen LogP contribution in [0.25, 0.3) is 5.70 Å². The van der Waals surface area contributed by atoms with Crippen LogP contribution in [0.5, 0.6) is 0 Å². The average Bonchev–Trinajstić information content (AvgIpc) is 3.08. The summed E-state index contributed by atoms with van der Waals surface area (Å²) in [4.78, 5) is 12.6. The van der Waals surface area contributed by atoms with Gasteiger partial charge < -0.3 is 19.8 Å². The van der Waals surface area contributed by atoms with E-state index in [9.17, 15) is 4.79 Å². The first-order valence-corrected chi connectivity index (χ1v) is 8.57. The van der Waals surface area contributed by atoms with Gasteiger partial charge in [0.1, 0.15) is 0 Å². The highest BCUT2D eigenvalue weighted by Crippen LogP contribution is 2.33. The summed E-state index contributed by atoms with van der Waals surface area (Å²) >= 11 is 8.78. The van der Waals surface area contributed by atoms with E-state index in [-0.39, 0.29) is 6.61 Å². The van der Waals surface area contributed by atoms with Gasteiger partial charge in [-0.15, -0.1) is 0 Å². The molecule has 7 heteroatoms. The molecule has 5 nitrogen and oxygen atoms in total. The zero-order valence-corrected chi connectivity index (χ0v) is 15.2. The van der Waals surface area contributed by atoms with Crippen LogP contribution in [-0.2, 0) is 9.53 Å². The maximum absolute atomic E-state index is 12.6. The van der Waals surface area contributed by atoms with Crippen molar-refractivity contribution < 1.29 is 13.9 Å². The lowest BCUT2D eigenvalue weighted by Gasteiger charge is -2.30. The summed E-state index contributed by atoms with van der Waals surface area (Å²) < 4.78 is 11.3. The molecule has 2 aromatic rings. The van der Waals surface area contributed by atoms with Gasteiger partial charge in [0.2, 0.25) is 0 Å². The highest BCUT2D eigenvalue weighted by molar-refractivity contribution is 9.10. The quantitative estimate of drug-likeness (QED) is 0.597. The van der Waals surface area contributed by atoms with Crippen molar-refractivity contribution in [1.29, 1.82) is 0 Å². The molecule has 1 aromatic heterocycles. The highest BCUT2D eigenvalue weighted by Gasteiger charge is 2.33. The standard InChI is InChI=1S/C17H15BrN2O3S/c1-2-23-16(21)13-14(10-4-3-5-12(18)8-10)19-17(24)20-15(13)11-6-7-22-9-11/h3-9,14H,2H2,1H3,(H2,19,20,24). The summed E-state index contributed by atoms with van der Waals surface area (Å²) in [5.74, 6) is -0.402. The van der Waals surface area contributed by atoms with Gasteiger partial charge in [-0.25, -0.2) is 4.79 Å². The Morgan fingerprint density at radius 2 is 2.25 bits per heavy atom. The van der Waals surface area contributed by atoms with Gasteiger partial charge in [0.05, 0.1) is 36.4 Å². The maximum Gasteiger partial charge on any atom is 0.338 e. The molecule has 2 N–H and O–H groups in total. The fraction of sp³-hybridized carbons (Fsp3) is 0.176. The first-order valence-electron chi connectivity index (χ1n) is 7.37. The molecule has 0 bridgehead atoms. The number of nitrogens with one attached hydrogen (secondary N) is 2. The maximum atomic E-state index is 12.6. The summed E-state index contributed by atoms with van der Waals surface area (Å²) in [6.45, 7) is 2.06. The molecule has 2 heterocycles. The number of rotatable bonds is 4. The molecule has 1 aliphatic heterocycles. The van der Waals surface area contributed by atoms with Crippen LogP contribution in [0.1, 0.15) is 24.1 Å². The monoisotopic (exact) mass is 406 g/mol. The minimum atomic E-state index is -0.416. The summed E-state index contributed by atoms with van der Waals surface area (Å²) in [5, 5.41) is 6.64. The molecular formula is C17H15BrN2O3S. The summed E-state index contributed by atoms with van der Waals surface area (Å²) in [7, 11) is 0. The molecule has 0 saturated heterocycles. The molecule has 0 aliphatic carbocycles. The van der Waals surface area contributed by atoms with Gasteiger partial charge >= 0.3 is 5.97 Å². The second-order valence-corrected chi connectivity index (χ2v) is 6.43. The molecule has 1 unspecified atom stereocenters. The molecule has 0 saturated carbocycles. The number of hydrogen-bond donors (Lipinski definition) is 2. The number of halogens is 1. The van der Waals surface area contributed by atoms with Crippen molar-refractivity contribution in [3.05, 3.63) is 64.0 Å². The smallest absolute Gasteiger partial charge is 0.338 e. The summed E-state index contributed by atoms with van der Waals surface area (Å²) in [6, 6.07) is 9.06. The molecule has 0 radical (unpaired) electrons. The van der Waals surface area contributed by atoms with E-state index in [0.29, 0.717) is 16.4 Å². The number of esters is 1. The van der Waals surface area contributed by atoms with Crippen LogP contribution in [0, 0.1) is 0 Å². The first-order chi connectivity index (χ1) is 11.6. The minimum Gasteiger partial charge on any atom is -0.472 e. The SMILES string of the molecule is CCOC(=O)C1=C(c2ccoc2)NC(=S)NC1c1cccc(Br)c1. The van der Waals surface area contributed by atoms with Gasteiger partial charge in [-0.3, -0.25) is 0 Å². The van der Waals surface area contributed by atoms with E-state index < -0.39 is 12.0 Å². The van der Waals surface area contributed by atoms with Crippen molar-refractivity contribution in [3.8, 4) is 0 Å². The number of ether oxygens (including phenoxy) is 1. The molecule has 0 fully saturated rings. The van der Waals surface area contributed by atoms with Gasteiger partial charge in [0.15, 0.2) is 5.11 Å². The zero-order chi connectivity index (χ0) is 17.1. The van der Waals surface area contributed by atoms with E-state index in [0.717, 1.165) is 15.6 Å². The predicted molar refractivity (Wildman–Crippen MR) is 98.0 cm³/mol. The molecular weight excluding hydrogens is 392 g/mol. The second-order valence-electron chi connectivity index (χ2n) is 5.11. The highest BCUT2D eigenvalue weighted by atomic mass is 79.9. The van der Waals surface area contributed by atoms with E-state index >= 15 is 0 Å². The van der Waals surface area contributed by atoms with Crippen LogP contribution in [0.3, 0.4) is 0 Å². The van der Waals surface area contributed by atoms with Gasteiger partial charge in [-0.2, -0.15) is 0 Å². The summed E-state index contributed by atoms with van der Waals surface area (Å²) in [6.07, 6.45) is 3.11. The third kappa shape index (κ3) is 3.37. The predicted octanol–water partition coefficient (Wildman–Crippen LogP) is 3.54. The average molecular weight is 407 g/mol. The van der Waals surface area contributed by atoms with Crippen LogP contribution in [0.4, 0.5) is 0 Å². The second kappa shape index (κ2) is 7.19. The fourth-order valence-electron chi connectivity index (χ4n) is 2.56. The van der Waals surface area contributed by atoms with E-state index in [1.807, 2.05) is 24.3 Å². The number of thiocarbonyl (C=S) groups is 1. The summed E-state index contributed by atoms with van der Waals surface area (Å²) in [5.41, 5.74) is 2.69. The normalized spacial score (nSPS) is 17.2. The van der Waals surface area contributed by atoms with E-state index in [1.165, 1.54) is 0 Å². The molecule has 3 rings (SSSR count). The topological polar surface area (TPSA) is 63.5 Å². The molecule has 0 spiro atoms. The molecule has 24 heavy (non-hydrogen) atoms.